The van der Waals surface area contributed by atoms with Crippen LogP contribution in [0.25, 0.3) is 10.9 Å². The second kappa shape index (κ2) is 32.8. The van der Waals surface area contributed by atoms with E-state index in [0.29, 0.717) is 28.5 Å². The van der Waals surface area contributed by atoms with Crippen molar-refractivity contribution in [1.29, 1.82) is 0 Å². The summed E-state index contributed by atoms with van der Waals surface area (Å²) < 4.78 is 0. The number of nitrogens with one attached hydrogen (secondary N) is 8. The number of benzene rings is 2. The highest BCUT2D eigenvalue weighted by atomic mass is 32.2. The molecule has 2 aromatic carbocycles. The van der Waals surface area contributed by atoms with E-state index in [9.17, 15) is 68.4 Å². The first-order valence-electron chi connectivity index (χ1n) is 32.1. The van der Waals surface area contributed by atoms with E-state index in [4.69, 9.17) is 5.73 Å². The van der Waals surface area contributed by atoms with Crippen molar-refractivity contribution in [2.75, 3.05) is 43.9 Å². The molecule has 1 aromatic heterocycles. The van der Waals surface area contributed by atoms with Gasteiger partial charge in [0.1, 0.15) is 11.8 Å². The maximum Gasteiger partial charge on any atom is 0.253 e. The van der Waals surface area contributed by atoms with Gasteiger partial charge in [-0.2, -0.15) is 0 Å². The van der Waals surface area contributed by atoms with Crippen LogP contribution in [0.15, 0.2) is 59.6 Å². The molecule has 4 unspecified atom stereocenters. The number of nitrogens with two attached hydrogens (primary N) is 1. The van der Waals surface area contributed by atoms with Gasteiger partial charge in [0.05, 0.1) is 72.2 Å². The number of fused-ring (bicyclic) bond motifs is 5. The first kappa shape index (κ1) is 74.7. The number of H-pyrrole nitrogens is 1. The number of rotatable bonds is 19. The fourth-order valence-electron chi connectivity index (χ4n) is 12.6. The molecule has 1 saturated heterocycles. The summed E-state index contributed by atoms with van der Waals surface area (Å²) in [5.74, 6) is -17.2. The molecule has 3 aromatic rings. The zero-order chi connectivity index (χ0) is 70.6. The maximum atomic E-state index is 16.0. The van der Waals surface area contributed by atoms with Crippen LogP contribution in [0, 0.1) is 35.5 Å². The molecular formula is C66H87N11O18S. The van der Waals surface area contributed by atoms with Gasteiger partial charge in [-0.25, -0.2) is 0 Å². The Morgan fingerprint density at radius 3 is 2.10 bits per heavy atom. The van der Waals surface area contributed by atoms with Crippen molar-refractivity contribution in [3.63, 3.8) is 0 Å². The molecule has 4 aliphatic heterocycles. The van der Waals surface area contributed by atoms with Crippen LogP contribution in [0.2, 0.25) is 0 Å². The molecule has 0 aliphatic carbocycles. The number of thioether (sulfide) groups is 1. The lowest BCUT2D eigenvalue weighted by atomic mass is 9.77. The second-order valence-corrected chi connectivity index (χ2v) is 27.0. The van der Waals surface area contributed by atoms with Crippen LogP contribution in [0.3, 0.4) is 0 Å². The summed E-state index contributed by atoms with van der Waals surface area (Å²) in [7, 11) is 0. The number of aromatic amines is 1. The van der Waals surface area contributed by atoms with Crippen LogP contribution in [0.4, 0.5) is 5.69 Å². The summed E-state index contributed by atoms with van der Waals surface area (Å²) in [4.78, 5) is 201. The normalized spacial score (nSPS) is 25.5. The Hall–Kier alpha value is -8.71. The Kier molecular flexibility index (Phi) is 25.5. The van der Waals surface area contributed by atoms with Crippen LogP contribution in [0.1, 0.15) is 105 Å². The number of ketones is 4. The number of phenolic OH excluding ortho intramolecular Hbond substituents is 1. The molecular weight excluding hydrogens is 1270 g/mol. The number of nitrogens with zero attached hydrogens (tertiary/aromatic N) is 2. The highest BCUT2D eigenvalue weighted by Crippen LogP contribution is 2.38. The Labute approximate surface area is 558 Å². The fourth-order valence-corrected chi connectivity index (χ4v) is 13.7. The summed E-state index contributed by atoms with van der Waals surface area (Å²) in [6.45, 7) is 8.24. The summed E-state index contributed by atoms with van der Waals surface area (Å²) >= 11 is 0.970. The number of hydrogen-bond acceptors (Lipinski definition) is 20. The molecule has 7 rings (SSSR count). The van der Waals surface area contributed by atoms with Crippen molar-refractivity contribution in [1.82, 2.24) is 46.7 Å². The number of aliphatic hydroxyl groups is 3. The summed E-state index contributed by atoms with van der Waals surface area (Å²) in [6.07, 6.45) is -4.26. The number of aliphatic hydroxyl groups excluding tert-OH is 3. The van der Waals surface area contributed by atoms with Crippen LogP contribution in [0.5, 0.6) is 5.75 Å². The third-order valence-electron chi connectivity index (χ3n) is 18.4. The zero-order valence-corrected chi connectivity index (χ0v) is 55.5. The minimum Gasteiger partial charge on any atom is -0.508 e. The van der Waals surface area contributed by atoms with E-state index >= 15 is 19.2 Å². The van der Waals surface area contributed by atoms with Crippen LogP contribution < -0.4 is 43.0 Å². The van der Waals surface area contributed by atoms with Gasteiger partial charge in [0.2, 0.25) is 47.3 Å². The number of hydrogen-bond donors (Lipinski definition) is 13. The molecule has 0 radical (unpaired) electrons. The van der Waals surface area contributed by atoms with Crippen LogP contribution in [-0.4, -0.2) is 204 Å². The lowest BCUT2D eigenvalue weighted by Gasteiger charge is -2.43. The molecule has 1 fully saturated rings. The average molecular weight is 1350 g/mol. The highest BCUT2D eigenvalue weighted by Gasteiger charge is 2.52. The highest BCUT2D eigenvalue weighted by molar-refractivity contribution is 7.99. The number of Topliss-reactive ketones (excluding diaryl/α,β-unsaturated/α-hetero) is 4. The van der Waals surface area contributed by atoms with Crippen molar-refractivity contribution in [3.05, 3.63) is 65.7 Å². The Balaban J connectivity index is 1.27. The molecule has 4 aliphatic rings. The van der Waals surface area contributed by atoms with E-state index in [2.05, 4.69) is 42.2 Å². The SMILES string of the molecule is CC[C@H](C)[C@@H]1NC(=O)CNC(=O)C2CC(=O)[C@H]([C@@H](C)[C@@H](O)CO)NC(=O)[C@@H]3CC(O)CN3C(C)(Cc3ccc(NC(=O)[C@H](C)CC(=O)[C@@H](NC(=O)CCN4C(=O)C=CC4=O)C(C)C)cc3)C(=O)[C@H](CC(N)=O)CC(=O)C(CSc3[nH]c4cc(O)ccc4c3C2)NC(=O)CNC1=O. The number of phenols is 1. The minimum atomic E-state index is -2.00. The second-order valence-electron chi connectivity index (χ2n) is 26.0. The molecule has 5 heterocycles. The number of β-amino-alcohol motifs (C(OH)–C–C–N with tert-alkyl or cyclic N) is 1. The van der Waals surface area contributed by atoms with Gasteiger partial charge in [0.15, 0.2) is 23.1 Å². The standard InChI is InChI=1S/C66H87N11O18S/c1-8-33(4)58-64(95)69-27-53(87)71-45-31-96-65-43(42-14-13-40(79)24-44(42)72-65)20-38(62(93)68-28-54(88)74-58)22-49(83)59(35(6)50(84)30-78)75-63(94)46-25-41(80)29-77(46)66(7,60(91)37(21-47(45)81)23-51(67)85)26-36-9-11-39(12-10-36)70-61(92)34(5)19-48(82)57(32(2)3)73-52(86)17-18-76-55(89)15-16-56(76)90/h9-16,24,32-35,37-38,41,45-46,50,57-59,72,78-80,84H,8,17-23,25-31H2,1-7H3,(H2,67,85)(H,68,93)(H,69,95)(H,70,92)(H,71,87)(H,73,86)(H,74,88)(H,75,94)/t33-,34+,35-,37-,38?,41?,45?,46-,50-,57-,58-,59-,66?/m0/s1. The minimum absolute atomic E-state index is 0.167. The number of amides is 10. The lowest BCUT2D eigenvalue weighted by Crippen LogP contribution is -2.62. The van der Waals surface area contributed by atoms with E-state index in [1.807, 2.05) is 0 Å². The number of imide groups is 1. The van der Waals surface area contributed by atoms with Crippen LogP contribution >= 0.6 is 11.8 Å². The number of aromatic hydroxyl groups is 1. The van der Waals surface area contributed by atoms with Gasteiger partial charge in [-0.1, -0.05) is 60.1 Å². The van der Waals surface area contributed by atoms with Gasteiger partial charge >= 0.3 is 0 Å². The molecule has 0 spiro atoms. The summed E-state index contributed by atoms with van der Waals surface area (Å²) in [6, 6.07) is 3.38. The molecule has 14 N–H and O–H groups in total. The van der Waals surface area contributed by atoms with E-state index in [1.165, 1.54) is 62.1 Å². The first-order chi connectivity index (χ1) is 45.3. The molecule has 29 nitrogen and oxygen atoms in total. The molecule has 520 valence electrons. The largest absolute Gasteiger partial charge is 0.508 e. The first-order valence-corrected chi connectivity index (χ1v) is 33.1. The van der Waals surface area contributed by atoms with Crippen LogP contribution in [-0.2, 0) is 80.0 Å². The third-order valence-corrected chi connectivity index (χ3v) is 19.5. The number of aromatic nitrogens is 1. The van der Waals surface area contributed by atoms with Gasteiger partial charge in [-0.05, 0) is 73.4 Å². The van der Waals surface area contributed by atoms with Crippen molar-refractivity contribution in [3.8, 4) is 5.75 Å². The molecule has 13 atom stereocenters. The molecule has 96 heavy (non-hydrogen) atoms. The maximum absolute atomic E-state index is 16.0. The van der Waals surface area contributed by atoms with Gasteiger partial charge < -0.3 is 68.4 Å². The quantitative estimate of drug-likeness (QED) is 0.0659. The number of carbonyl (C=O) groups excluding carboxylic acids is 14. The Morgan fingerprint density at radius 2 is 1.47 bits per heavy atom. The van der Waals surface area contributed by atoms with E-state index in [1.54, 1.807) is 33.8 Å². The summed E-state index contributed by atoms with van der Waals surface area (Å²) in [5, 5.41) is 62.9. The zero-order valence-electron chi connectivity index (χ0n) is 54.7. The number of primary amides is 1. The van der Waals surface area contributed by atoms with Crippen molar-refractivity contribution < 1.29 is 87.5 Å². The summed E-state index contributed by atoms with van der Waals surface area (Å²) in [5.41, 5.74) is 5.17. The predicted octanol–water partition coefficient (Wildman–Crippen LogP) is -0.721. The van der Waals surface area contributed by atoms with Crippen molar-refractivity contribution >= 4 is 111 Å². The fraction of sp³-hybridized carbons (Fsp3) is 0.545. The predicted molar refractivity (Wildman–Crippen MR) is 347 cm³/mol. The molecule has 0 saturated carbocycles. The average Bonchev–Trinajstić information content (AvgIpc) is 1.46. The van der Waals surface area contributed by atoms with E-state index in [-0.39, 0.29) is 60.9 Å². The van der Waals surface area contributed by atoms with E-state index < -0.39 is 211 Å². The third kappa shape index (κ3) is 18.6. The van der Waals surface area contributed by atoms with Gasteiger partial charge in [-0.15, -0.1) is 11.8 Å². The van der Waals surface area contributed by atoms with Gasteiger partial charge in [-0.3, -0.25) is 76.9 Å². The van der Waals surface area contributed by atoms with Crippen molar-refractivity contribution in [2.45, 2.75) is 159 Å². The molecule has 2 bridgehead atoms. The molecule has 10 amide bonds. The van der Waals surface area contributed by atoms with Gasteiger partial charge in [0, 0.05) is 104 Å². The number of anilines is 1. The Bertz CT molecular complexity index is 3520. The lowest BCUT2D eigenvalue weighted by molar-refractivity contribution is -0.143. The van der Waals surface area contributed by atoms with Crippen molar-refractivity contribution in [2.24, 2.45) is 41.2 Å². The molecule has 30 heteroatoms. The van der Waals surface area contributed by atoms with Gasteiger partial charge in [0.25, 0.3) is 11.8 Å². The van der Waals surface area contributed by atoms with E-state index in [0.717, 1.165) is 28.8 Å². The number of carbonyl (C=O) groups is 14. The monoisotopic (exact) mass is 1350 g/mol. The smallest absolute Gasteiger partial charge is 0.253 e. The Morgan fingerprint density at radius 1 is 0.812 bits per heavy atom. The topological polar surface area (TPSA) is 452 Å².